The van der Waals surface area contributed by atoms with Crippen LogP contribution in [0.3, 0.4) is 0 Å². The van der Waals surface area contributed by atoms with Crippen LogP contribution >= 0.6 is 0 Å². The molecule has 0 amide bonds. The Bertz CT molecular complexity index is 537. The van der Waals surface area contributed by atoms with E-state index in [1.165, 1.54) is 24.3 Å². The van der Waals surface area contributed by atoms with Crippen molar-refractivity contribution in [2.24, 2.45) is 0 Å². The lowest BCUT2D eigenvalue weighted by Crippen LogP contribution is -1.99. The molecule has 0 aromatic heterocycles. The predicted octanol–water partition coefficient (Wildman–Crippen LogP) is 3.27. The molecule has 0 heterocycles. The average molecular weight is 252 g/mol. The van der Waals surface area contributed by atoms with Gasteiger partial charge in [-0.2, -0.15) is 0 Å². The summed E-state index contributed by atoms with van der Waals surface area (Å²) < 4.78 is 37.9. The lowest BCUT2D eigenvalue weighted by molar-refractivity contribution is 0.595. The van der Waals surface area contributed by atoms with Crippen molar-refractivity contribution in [3.05, 3.63) is 65.7 Å². The van der Waals surface area contributed by atoms with Crippen LogP contribution in [0.25, 0.3) is 0 Å². The summed E-state index contributed by atoms with van der Waals surface area (Å²) in [6.45, 7) is 0. The summed E-state index contributed by atoms with van der Waals surface area (Å²) in [6.07, 6.45) is 0. The normalized spacial score (nSPS) is 12.4. The van der Waals surface area contributed by atoms with Gasteiger partial charge in [0.2, 0.25) is 0 Å². The Morgan fingerprint density at radius 2 is 1.59 bits per heavy atom. The zero-order valence-electron chi connectivity index (χ0n) is 8.90. The molecule has 1 unspecified atom stereocenters. The van der Waals surface area contributed by atoms with Gasteiger partial charge in [-0.05, 0) is 29.8 Å². The Morgan fingerprint density at radius 1 is 0.941 bits per heavy atom. The fraction of sp³-hybridized carbons (Fsp3) is 0.0769. The molecule has 0 aliphatic heterocycles. The first-order valence-electron chi connectivity index (χ1n) is 5.04. The van der Waals surface area contributed by atoms with Crippen LogP contribution in [0.2, 0.25) is 0 Å². The second-order valence-corrected chi connectivity index (χ2v) is 4.97. The topological polar surface area (TPSA) is 17.1 Å². The van der Waals surface area contributed by atoms with E-state index in [9.17, 15) is 13.0 Å². The van der Waals surface area contributed by atoms with Gasteiger partial charge < -0.3 is 0 Å². The van der Waals surface area contributed by atoms with Gasteiger partial charge >= 0.3 is 0 Å². The molecule has 0 N–H and O–H groups in total. The summed E-state index contributed by atoms with van der Waals surface area (Å²) in [5, 5.41) is 0. The first kappa shape index (κ1) is 11.9. The zero-order valence-corrected chi connectivity index (χ0v) is 9.71. The molecule has 0 saturated heterocycles. The monoisotopic (exact) mass is 252 g/mol. The van der Waals surface area contributed by atoms with Crippen molar-refractivity contribution >= 4 is 10.8 Å². The van der Waals surface area contributed by atoms with Crippen molar-refractivity contribution < 1.29 is 13.0 Å². The van der Waals surface area contributed by atoms with Gasteiger partial charge in [-0.1, -0.05) is 24.3 Å². The molecular weight excluding hydrogens is 242 g/mol. The molecule has 0 saturated carbocycles. The van der Waals surface area contributed by atoms with Crippen LogP contribution in [-0.4, -0.2) is 4.21 Å². The maximum Gasteiger partial charge on any atom is 0.139 e. The summed E-state index contributed by atoms with van der Waals surface area (Å²) in [7, 11) is -1.45. The van der Waals surface area contributed by atoms with E-state index < -0.39 is 16.6 Å². The summed E-state index contributed by atoms with van der Waals surface area (Å²) in [6, 6.07) is 11.7. The summed E-state index contributed by atoms with van der Waals surface area (Å²) >= 11 is 0. The van der Waals surface area contributed by atoms with Gasteiger partial charge in [0, 0.05) is 0 Å². The largest absolute Gasteiger partial charge is 0.254 e. The van der Waals surface area contributed by atoms with Crippen LogP contribution in [0.1, 0.15) is 5.56 Å². The highest BCUT2D eigenvalue weighted by molar-refractivity contribution is 7.84. The molecule has 4 heteroatoms. The molecule has 1 atom stereocenters. The van der Waals surface area contributed by atoms with Gasteiger partial charge in [-0.3, -0.25) is 4.21 Å². The van der Waals surface area contributed by atoms with Crippen molar-refractivity contribution in [1.82, 2.24) is 0 Å². The van der Waals surface area contributed by atoms with Gasteiger partial charge in [-0.15, -0.1) is 0 Å². The molecule has 0 spiro atoms. The van der Waals surface area contributed by atoms with Gasteiger partial charge in [-0.25, -0.2) is 8.78 Å². The van der Waals surface area contributed by atoms with E-state index in [2.05, 4.69) is 0 Å². The highest BCUT2D eigenvalue weighted by Crippen LogP contribution is 2.15. The Balaban J connectivity index is 2.17. The molecule has 17 heavy (non-hydrogen) atoms. The lowest BCUT2D eigenvalue weighted by Gasteiger charge is -2.03. The minimum Gasteiger partial charge on any atom is -0.254 e. The SMILES string of the molecule is O=S(Cc1ccc(F)cc1)c1ccccc1F. The molecule has 1 nitrogen and oxygen atoms in total. The third-order valence-corrected chi connectivity index (χ3v) is 3.71. The smallest absolute Gasteiger partial charge is 0.139 e. The van der Waals surface area contributed by atoms with E-state index in [1.54, 1.807) is 24.3 Å². The van der Waals surface area contributed by atoms with Crippen LogP contribution < -0.4 is 0 Å². The lowest BCUT2D eigenvalue weighted by atomic mass is 10.2. The second-order valence-electron chi connectivity index (χ2n) is 3.55. The standard InChI is InChI=1S/C13H10F2OS/c14-11-7-5-10(6-8-11)9-17(16)13-4-2-1-3-12(13)15/h1-8H,9H2. The van der Waals surface area contributed by atoms with Crippen molar-refractivity contribution in [3.63, 3.8) is 0 Å². The van der Waals surface area contributed by atoms with Gasteiger partial charge in [0.1, 0.15) is 11.6 Å². The molecule has 0 fully saturated rings. The molecule has 0 aliphatic carbocycles. The van der Waals surface area contributed by atoms with Crippen molar-refractivity contribution in [2.75, 3.05) is 0 Å². The molecule has 0 radical (unpaired) electrons. The van der Waals surface area contributed by atoms with Crippen LogP contribution in [0.15, 0.2) is 53.4 Å². The molecule has 2 aromatic carbocycles. The number of hydrogen-bond donors (Lipinski definition) is 0. The molecule has 0 bridgehead atoms. The van der Waals surface area contributed by atoms with Crippen molar-refractivity contribution in [2.45, 2.75) is 10.6 Å². The maximum absolute atomic E-state index is 13.4. The maximum atomic E-state index is 13.4. The Labute approximate surface area is 101 Å². The summed E-state index contributed by atoms with van der Waals surface area (Å²) in [4.78, 5) is 0.178. The molecular formula is C13H10F2OS. The van der Waals surface area contributed by atoms with Crippen LogP contribution in [0.5, 0.6) is 0 Å². The fourth-order valence-corrected chi connectivity index (χ4v) is 2.61. The van der Waals surface area contributed by atoms with Gasteiger partial charge in [0.05, 0.1) is 21.4 Å². The van der Waals surface area contributed by atoms with E-state index in [1.807, 2.05) is 0 Å². The van der Waals surface area contributed by atoms with Crippen LogP contribution in [0, 0.1) is 11.6 Å². The van der Waals surface area contributed by atoms with Crippen molar-refractivity contribution in [1.29, 1.82) is 0 Å². The third kappa shape index (κ3) is 2.97. The van der Waals surface area contributed by atoms with Crippen LogP contribution in [-0.2, 0) is 16.6 Å². The first-order chi connectivity index (χ1) is 8.16. The van der Waals surface area contributed by atoms with E-state index in [4.69, 9.17) is 0 Å². The highest BCUT2D eigenvalue weighted by Gasteiger charge is 2.09. The van der Waals surface area contributed by atoms with E-state index >= 15 is 0 Å². The Kier molecular flexibility index (Phi) is 3.64. The van der Waals surface area contributed by atoms with Gasteiger partial charge in [0.25, 0.3) is 0 Å². The second kappa shape index (κ2) is 5.19. The molecule has 0 aliphatic rings. The zero-order chi connectivity index (χ0) is 12.3. The first-order valence-corrected chi connectivity index (χ1v) is 6.36. The summed E-state index contributed by atoms with van der Waals surface area (Å²) in [5.74, 6) is -0.639. The van der Waals surface area contributed by atoms with E-state index in [0.29, 0.717) is 5.56 Å². The third-order valence-electron chi connectivity index (χ3n) is 2.29. The fourth-order valence-electron chi connectivity index (χ4n) is 1.44. The minimum absolute atomic E-state index is 0.178. The van der Waals surface area contributed by atoms with Crippen LogP contribution in [0.4, 0.5) is 8.78 Å². The Hall–Kier alpha value is -1.55. The molecule has 2 aromatic rings. The quantitative estimate of drug-likeness (QED) is 0.819. The average Bonchev–Trinajstić information content (AvgIpc) is 2.32. The van der Waals surface area contributed by atoms with Gasteiger partial charge in [0.15, 0.2) is 0 Å². The minimum atomic E-state index is -1.45. The number of hydrogen-bond acceptors (Lipinski definition) is 1. The van der Waals surface area contributed by atoms with Crippen molar-refractivity contribution in [3.8, 4) is 0 Å². The number of halogens is 2. The van der Waals surface area contributed by atoms with E-state index in [-0.39, 0.29) is 16.5 Å². The molecule has 88 valence electrons. The highest BCUT2D eigenvalue weighted by atomic mass is 32.2. The van der Waals surface area contributed by atoms with E-state index in [0.717, 1.165) is 0 Å². The summed E-state index contributed by atoms with van der Waals surface area (Å²) in [5.41, 5.74) is 0.716. The molecule has 2 rings (SSSR count). The predicted molar refractivity (Wildman–Crippen MR) is 62.9 cm³/mol. The number of rotatable bonds is 3. The number of benzene rings is 2. The Morgan fingerprint density at radius 3 is 2.24 bits per heavy atom.